The van der Waals surface area contributed by atoms with Crippen LogP contribution in [0, 0.1) is 0 Å². The molecule has 0 amide bonds. The second kappa shape index (κ2) is 26.3. The third kappa shape index (κ3) is 22.3. The zero-order chi connectivity index (χ0) is 23.5. The highest BCUT2D eigenvalue weighted by molar-refractivity contribution is 5.74. The Hall–Kier alpha value is -0.950. The first-order valence-electron chi connectivity index (χ1n) is 13.0. The van der Waals surface area contributed by atoms with Gasteiger partial charge in [-0.25, -0.2) is 4.79 Å². The van der Waals surface area contributed by atoms with E-state index in [0.29, 0.717) is 26.2 Å². The molecule has 0 saturated heterocycles. The van der Waals surface area contributed by atoms with Crippen LogP contribution in [0.2, 0.25) is 0 Å². The van der Waals surface area contributed by atoms with Gasteiger partial charge in [-0.1, -0.05) is 70.4 Å². The first kappa shape index (κ1) is 31.0. The van der Waals surface area contributed by atoms with E-state index >= 15 is 0 Å². The number of unbranched alkanes of at least 4 members (excludes halogenated alkanes) is 9. The molecule has 0 aliphatic carbocycles. The quantitative estimate of drug-likeness (QED) is 0.109. The van der Waals surface area contributed by atoms with Crippen molar-refractivity contribution in [2.75, 3.05) is 46.2 Å². The molecule has 0 aromatic carbocycles. The Morgan fingerprint density at radius 1 is 0.750 bits per heavy atom. The number of carbonyl (C=O) groups is 1. The molecule has 0 fully saturated rings. The normalized spacial score (nSPS) is 12.5. The molecule has 190 valence electrons. The molecule has 0 aromatic rings. The highest BCUT2D eigenvalue weighted by Gasteiger charge is 2.19. The maximum absolute atomic E-state index is 12.0. The average Bonchev–Trinajstić information content (AvgIpc) is 2.79. The van der Waals surface area contributed by atoms with E-state index in [1.54, 1.807) is 6.92 Å². The summed E-state index contributed by atoms with van der Waals surface area (Å²) in [7, 11) is 0. The molecule has 0 rings (SSSR count). The van der Waals surface area contributed by atoms with Crippen LogP contribution >= 0.6 is 0 Å². The summed E-state index contributed by atoms with van der Waals surface area (Å²) >= 11 is 0. The molecule has 1 atom stereocenters. The van der Waals surface area contributed by atoms with E-state index in [1.165, 1.54) is 44.9 Å². The highest BCUT2D eigenvalue weighted by atomic mass is 16.6. The van der Waals surface area contributed by atoms with Crippen molar-refractivity contribution in [1.82, 2.24) is 0 Å². The smallest absolute Gasteiger partial charge is 0.335 e. The number of rotatable bonds is 25. The lowest BCUT2D eigenvalue weighted by atomic mass is 10.1. The molecule has 1 unspecified atom stereocenters. The fourth-order valence-electron chi connectivity index (χ4n) is 3.34. The number of aliphatic hydroxyl groups excluding tert-OH is 1. The van der Waals surface area contributed by atoms with Gasteiger partial charge in [-0.2, -0.15) is 0 Å². The minimum Gasteiger partial charge on any atom is -0.464 e. The van der Waals surface area contributed by atoms with E-state index in [0.717, 1.165) is 45.3 Å². The van der Waals surface area contributed by atoms with E-state index in [2.05, 4.69) is 19.1 Å². The van der Waals surface area contributed by atoms with Gasteiger partial charge in [-0.15, -0.1) is 0 Å². The third-order valence-electron chi connectivity index (χ3n) is 5.16. The predicted molar refractivity (Wildman–Crippen MR) is 130 cm³/mol. The Balaban J connectivity index is 3.59. The van der Waals surface area contributed by atoms with E-state index in [1.807, 2.05) is 0 Å². The molecule has 0 heterocycles. The molecule has 0 radical (unpaired) electrons. The van der Waals surface area contributed by atoms with Crippen molar-refractivity contribution in [2.24, 2.45) is 0 Å². The number of hydrogen-bond donors (Lipinski definition) is 1. The van der Waals surface area contributed by atoms with Gasteiger partial charge in [0.2, 0.25) is 0 Å². The first-order valence-corrected chi connectivity index (χ1v) is 13.0. The first-order chi connectivity index (χ1) is 15.8. The second-order valence-electron chi connectivity index (χ2n) is 8.08. The lowest BCUT2D eigenvalue weighted by molar-refractivity contribution is -0.158. The Morgan fingerprint density at radius 3 is 2.19 bits per heavy atom. The number of allylic oxidation sites excluding steroid dienone is 1. The second-order valence-corrected chi connectivity index (χ2v) is 8.08. The number of carbonyl (C=O) groups excluding carboxylic acids is 1. The highest BCUT2D eigenvalue weighted by Crippen LogP contribution is 2.11. The monoisotopic (exact) mass is 458 g/mol. The van der Waals surface area contributed by atoms with Crippen molar-refractivity contribution < 1.29 is 28.8 Å². The molecular formula is C26H50O6. The number of aliphatic hydroxyl groups is 1. The summed E-state index contributed by atoms with van der Waals surface area (Å²) in [6, 6.07) is 0. The lowest BCUT2D eigenvalue weighted by Crippen LogP contribution is -2.28. The summed E-state index contributed by atoms with van der Waals surface area (Å²) < 4.78 is 21.6. The van der Waals surface area contributed by atoms with Gasteiger partial charge >= 0.3 is 5.97 Å². The minimum atomic E-state index is -0.531. The van der Waals surface area contributed by atoms with Gasteiger partial charge in [0.25, 0.3) is 0 Å². The van der Waals surface area contributed by atoms with Crippen LogP contribution in [0.1, 0.15) is 97.3 Å². The van der Waals surface area contributed by atoms with Crippen LogP contribution in [0.3, 0.4) is 0 Å². The van der Waals surface area contributed by atoms with Crippen molar-refractivity contribution >= 4 is 5.97 Å². The Labute approximate surface area is 197 Å². The zero-order valence-corrected chi connectivity index (χ0v) is 20.9. The molecule has 0 spiro atoms. The zero-order valence-electron chi connectivity index (χ0n) is 20.9. The van der Waals surface area contributed by atoms with Crippen molar-refractivity contribution in [3.05, 3.63) is 12.2 Å². The van der Waals surface area contributed by atoms with Gasteiger partial charge < -0.3 is 24.1 Å². The molecule has 32 heavy (non-hydrogen) atoms. The van der Waals surface area contributed by atoms with Crippen LogP contribution in [-0.2, 0) is 23.7 Å². The fraction of sp³-hybridized carbons (Fsp3) is 0.885. The van der Waals surface area contributed by atoms with E-state index in [-0.39, 0.29) is 19.2 Å². The van der Waals surface area contributed by atoms with Gasteiger partial charge in [0.05, 0.1) is 39.6 Å². The SMILES string of the molecule is CCCCCCCCCOCC/C=C\CCCCCC(OCCOCCO)C(=O)OCC. The van der Waals surface area contributed by atoms with Crippen molar-refractivity contribution in [3.8, 4) is 0 Å². The molecule has 6 nitrogen and oxygen atoms in total. The van der Waals surface area contributed by atoms with Crippen LogP contribution in [0.15, 0.2) is 12.2 Å². The maximum atomic E-state index is 12.0. The summed E-state index contributed by atoms with van der Waals surface area (Å²) in [4.78, 5) is 12.0. The van der Waals surface area contributed by atoms with Gasteiger partial charge in [0.1, 0.15) is 0 Å². The molecule has 6 heteroatoms. The topological polar surface area (TPSA) is 74.2 Å². The van der Waals surface area contributed by atoms with Crippen molar-refractivity contribution in [1.29, 1.82) is 0 Å². The Kier molecular flexibility index (Phi) is 25.5. The van der Waals surface area contributed by atoms with Crippen LogP contribution in [0.25, 0.3) is 0 Å². The van der Waals surface area contributed by atoms with Gasteiger partial charge in [0, 0.05) is 6.61 Å². The molecule has 0 saturated carbocycles. The molecule has 1 N–H and O–H groups in total. The Bertz CT molecular complexity index is 413. The van der Waals surface area contributed by atoms with Crippen LogP contribution in [0.4, 0.5) is 0 Å². The van der Waals surface area contributed by atoms with E-state index in [4.69, 9.17) is 24.1 Å². The largest absolute Gasteiger partial charge is 0.464 e. The molecule has 0 aliphatic rings. The summed E-state index contributed by atoms with van der Waals surface area (Å²) in [5.41, 5.74) is 0. The third-order valence-corrected chi connectivity index (χ3v) is 5.16. The number of esters is 1. The standard InChI is InChI=1S/C26H50O6/c1-3-5-6-7-10-13-16-20-29-21-17-14-11-8-9-12-15-18-25(26(28)31-4-2)32-24-23-30-22-19-27/h11,14,25,27H,3-10,12-13,15-24H2,1-2H3/b14-11-. The summed E-state index contributed by atoms with van der Waals surface area (Å²) in [6.07, 6.45) is 18.9. The van der Waals surface area contributed by atoms with E-state index < -0.39 is 6.10 Å². The maximum Gasteiger partial charge on any atom is 0.335 e. The Morgan fingerprint density at radius 2 is 1.44 bits per heavy atom. The molecule has 0 bridgehead atoms. The van der Waals surface area contributed by atoms with Crippen molar-refractivity contribution in [2.45, 2.75) is 103 Å². The fourth-order valence-corrected chi connectivity index (χ4v) is 3.34. The van der Waals surface area contributed by atoms with E-state index in [9.17, 15) is 4.79 Å². The molecule has 0 aromatic heterocycles. The summed E-state index contributed by atoms with van der Waals surface area (Å²) in [5.74, 6) is -0.300. The molecular weight excluding hydrogens is 408 g/mol. The molecule has 0 aliphatic heterocycles. The summed E-state index contributed by atoms with van der Waals surface area (Å²) in [5, 5.41) is 8.70. The minimum absolute atomic E-state index is 0.0119. The van der Waals surface area contributed by atoms with Gasteiger partial charge in [-0.3, -0.25) is 0 Å². The van der Waals surface area contributed by atoms with Crippen LogP contribution < -0.4 is 0 Å². The number of ether oxygens (including phenoxy) is 4. The van der Waals surface area contributed by atoms with Crippen LogP contribution in [-0.4, -0.2) is 63.4 Å². The van der Waals surface area contributed by atoms with Crippen LogP contribution in [0.5, 0.6) is 0 Å². The summed E-state index contributed by atoms with van der Waals surface area (Å²) in [6.45, 7) is 7.07. The lowest BCUT2D eigenvalue weighted by Gasteiger charge is -2.16. The predicted octanol–water partition coefficient (Wildman–Crippen LogP) is 5.61. The number of hydrogen-bond acceptors (Lipinski definition) is 6. The van der Waals surface area contributed by atoms with Gasteiger partial charge in [-0.05, 0) is 39.0 Å². The van der Waals surface area contributed by atoms with Crippen molar-refractivity contribution in [3.63, 3.8) is 0 Å². The average molecular weight is 459 g/mol. The van der Waals surface area contributed by atoms with Gasteiger partial charge in [0.15, 0.2) is 6.10 Å².